The highest BCUT2D eigenvalue weighted by Gasteiger charge is 2.47. The molecule has 33 heavy (non-hydrogen) atoms. The molecule has 0 aliphatic carbocycles. The van der Waals surface area contributed by atoms with E-state index < -0.39 is 11.4 Å². The summed E-state index contributed by atoms with van der Waals surface area (Å²) in [6.45, 7) is 14.3. The number of hydrogen-bond acceptors (Lipinski definition) is 7. The molecule has 7 nitrogen and oxygen atoms in total. The standard InChI is InChI=1S/C25H40N4O3S/c1-8-9-25(23(30)31)13-18(24(3,4)5)14-29(16-25)15-19-12-20-22(33-19)26-17(2)21(27-20)32-11-10-28(6)7/h12,18H,8-11,13-16H2,1-7H3,(H,30,31)/t18-,25-/m1/s1. The fourth-order valence-corrected chi connectivity index (χ4v) is 5.82. The molecule has 1 fully saturated rings. The van der Waals surface area contributed by atoms with Crippen molar-refractivity contribution < 1.29 is 14.6 Å². The summed E-state index contributed by atoms with van der Waals surface area (Å²) in [5.74, 6) is 0.267. The summed E-state index contributed by atoms with van der Waals surface area (Å²) in [6, 6.07) is 2.09. The van der Waals surface area contributed by atoms with Crippen LogP contribution < -0.4 is 4.74 Å². The summed E-state index contributed by atoms with van der Waals surface area (Å²) >= 11 is 1.65. The lowest BCUT2D eigenvalue weighted by Gasteiger charge is -2.48. The van der Waals surface area contributed by atoms with E-state index in [2.05, 4.69) is 43.6 Å². The molecule has 1 saturated heterocycles. The molecular weight excluding hydrogens is 436 g/mol. The van der Waals surface area contributed by atoms with Crippen LogP contribution in [0.15, 0.2) is 6.07 Å². The number of carboxylic acid groups (broad SMARTS) is 1. The van der Waals surface area contributed by atoms with E-state index in [1.165, 1.54) is 4.88 Å². The van der Waals surface area contributed by atoms with E-state index in [4.69, 9.17) is 14.7 Å². The first-order chi connectivity index (χ1) is 15.4. The Morgan fingerprint density at radius 2 is 2.09 bits per heavy atom. The van der Waals surface area contributed by atoms with Crippen LogP contribution in [0.25, 0.3) is 10.3 Å². The number of likely N-dealkylation sites (tertiary alicyclic amines) is 1. The molecule has 1 aliphatic rings. The number of ether oxygens (including phenoxy) is 1. The molecule has 184 valence electrons. The molecular formula is C25H40N4O3S. The summed E-state index contributed by atoms with van der Waals surface area (Å²) in [7, 11) is 4.03. The Hall–Kier alpha value is -1.77. The van der Waals surface area contributed by atoms with Crippen LogP contribution >= 0.6 is 11.3 Å². The SMILES string of the molecule is CCC[C@@]1(C(=O)O)C[C@@H](C(C)(C)C)CN(Cc2cc3nc(OCCN(C)C)c(C)nc3s2)C1. The molecule has 0 radical (unpaired) electrons. The number of thiophene rings is 1. The van der Waals surface area contributed by atoms with Gasteiger partial charge in [0.1, 0.15) is 22.6 Å². The third kappa shape index (κ3) is 6.22. The van der Waals surface area contributed by atoms with Gasteiger partial charge >= 0.3 is 5.97 Å². The number of carboxylic acids is 1. The van der Waals surface area contributed by atoms with Gasteiger partial charge < -0.3 is 14.7 Å². The summed E-state index contributed by atoms with van der Waals surface area (Å²) in [5, 5.41) is 10.2. The molecule has 0 amide bonds. The molecule has 2 atom stereocenters. The second-order valence-corrected chi connectivity index (χ2v) is 12.1. The topological polar surface area (TPSA) is 78.8 Å². The van der Waals surface area contributed by atoms with Crippen molar-refractivity contribution in [1.29, 1.82) is 0 Å². The Kier molecular flexibility index (Phi) is 8.02. The minimum Gasteiger partial charge on any atom is -0.481 e. The molecule has 1 N–H and O–H groups in total. The maximum absolute atomic E-state index is 12.4. The molecule has 0 unspecified atom stereocenters. The second kappa shape index (κ2) is 10.2. The number of fused-ring (bicyclic) bond motifs is 1. The Morgan fingerprint density at radius 1 is 1.36 bits per heavy atom. The Balaban J connectivity index is 1.82. The van der Waals surface area contributed by atoms with Gasteiger partial charge in [-0.25, -0.2) is 9.97 Å². The van der Waals surface area contributed by atoms with Crippen molar-refractivity contribution in [3.63, 3.8) is 0 Å². The average Bonchev–Trinajstić information content (AvgIpc) is 3.07. The van der Waals surface area contributed by atoms with Gasteiger partial charge in [0.25, 0.3) is 0 Å². The van der Waals surface area contributed by atoms with E-state index in [9.17, 15) is 9.90 Å². The van der Waals surface area contributed by atoms with E-state index in [0.717, 1.165) is 48.5 Å². The number of likely N-dealkylation sites (N-methyl/N-ethyl adjacent to an activating group) is 1. The van der Waals surface area contributed by atoms with Crippen LogP contribution in [0.5, 0.6) is 5.88 Å². The number of aliphatic carboxylic acids is 1. The van der Waals surface area contributed by atoms with Crippen molar-refractivity contribution in [3.05, 3.63) is 16.6 Å². The fraction of sp³-hybridized carbons (Fsp3) is 0.720. The quantitative estimate of drug-likeness (QED) is 0.563. The molecule has 0 aromatic carbocycles. The number of nitrogens with zero attached hydrogens (tertiary/aromatic N) is 4. The van der Waals surface area contributed by atoms with Crippen molar-refractivity contribution in [2.45, 2.75) is 60.4 Å². The summed E-state index contributed by atoms with van der Waals surface area (Å²) in [5.41, 5.74) is 1.03. The molecule has 2 aromatic rings. The first-order valence-corrected chi connectivity index (χ1v) is 12.8. The maximum atomic E-state index is 12.4. The van der Waals surface area contributed by atoms with Crippen LogP contribution in [-0.2, 0) is 11.3 Å². The fourth-order valence-electron chi connectivity index (χ4n) is 4.76. The first-order valence-electron chi connectivity index (χ1n) is 11.9. The lowest BCUT2D eigenvalue weighted by Crippen LogP contribution is -2.53. The molecule has 0 bridgehead atoms. The zero-order valence-electron chi connectivity index (χ0n) is 21.3. The third-order valence-corrected chi connectivity index (χ3v) is 7.75. The van der Waals surface area contributed by atoms with E-state index in [0.29, 0.717) is 31.4 Å². The first kappa shape index (κ1) is 25.8. The highest BCUT2D eigenvalue weighted by Crippen LogP contribution is 2.44. The minimum absolute atomic E-state index is 0.0618. The van der Waals surface area contributed by atoms with Crippen LogP contribution in [-0.4, -0.2) is 71.2 Å². The van der Waals surface area contributed by atoms with Crippen LogP contribution in [0.2, 0.25) is 0 Å². The maximum Gasteiger partial charge on any atom is 0.310 e. The van der Waals surface area contributed by atoms with Gasteiger partial charge in [0.15, 0.2) is 0 Å². The molecule has 2 aromatic heterocycles. The Morgan fingerprint density at radius 3 is 2.70 bits per heavy atom. The van der Waals surface area contributed by atoms with Gasteiger partial charge in [-0.1, -0.05) is 34.1 Å². The molecule has 1 aliphatic heterocycles. The normalized spacial score (nSPS) is 22.2. The van der Waals surface area contributed by atoms with E-state index >= 15 is 0 Å². The number of piperidine rings is 1. The number of rotatable bonds is 9. The predicted molar refractivity (Wildman–Crippen MR) is 134 cm³/mol. The number of carbonyl (C=O) groups is 1. The van der Waals surface area contributed by atoms with Crippen LogP contribution in [0.1, 0.15) is 57.5 Å². The molecule has 0 spiro atoms. The van der Waals surface area contributed by atoms with Crippen molar-refractivity contribution in [3.8, 4) is 5.88 Å². The largest absolute Gasteiger partial charge is 0.481 e. The van der Waals surface area contributed by atoms with Crippen LogP contribution in [0, 0.1) is 23.7 Å². The zero-order chi connectivity index (χ0) is 24.4. The Labute approximate surface area is 202 Å². The summed E-state index contributed by atoms with van der Waals surface area (Å²) in [6.07, 6.45) is 2.34. The van der Waals surface area contributed by atoms with Crippen molar-refractivity contribution in [2.24, 2.45) is 16.7 Å². The molecule has 3 heterocycles. The van der Waals surface area contributed by atoms with Crippen molar-refractivity contribution in [1.82, 2.24) is 19.8 Å². The lowest BCUT2D eigenvalue weighted by atomic mass is 9.65. The van der Waals surface area contributed by atoms with Gasteiger partial charge in [-0.2, -0.15) is 0 Å². The monoisotopic (exact) mass is 476 g/mol. The van der Waals surface area contributed by atoms with Gasteiger partial charge in [0, 0.05) is 31.1 Å². The van der Waals surface area contributed by atoms with E-state index in [1.54, 1.807) is 11.3 Å². The van der Waals surface area contributed by atoms with Crippen molar-refractivity contribution in [2.75, 3.05) is 40.3 Å². The molecule has 0 saturated carbocycles. The van der Waals surface area contributed by atoms with Crippen LogP contribution in [0.4, 0.5) is 0 Å². The van der Waals surface area contributed by atoms with Crippen molar-refractivity contribution >= 4 is 27.7 Å². The lowest BCUT2D eigenvalue weighted by molar-refractivity contribution is -0.156. The van der Waals surface area contributed by atoms with E-state index in [-0.39, 0.29) is 5.41 Å². The smallest absolute Gasteiger partial charge is 0.310 e. The molecule has 8 heteroatoms. The number of aryl methyl sites for hydroxylation is 1. The third-order valence-electron chi connectivity index (χ3n) is 6.75. The average molecular weight is 477 g/mol. The summed E-state index contributed by atoms with van der Waals surface area (Å²) < 4.78 is 5.86. The predicted octanol–water partition coefficient (Wildman–Crippen LogP) is 4.68. The Bertz CT molecular complexity index is 968. The van der Waals surface area contributed by atoms with Gasteiger partial charge in [-0.3, -0.25) is 9.69 Å². The van der Waals surface area contributed by atoms with Gasteiger partial charge in [-0.05, 0) is 51.3 Å². The van der Waals surface area contributed by atoms with Gasteiger partial charge in [0.05, 0.1) is 5.41 Å². The number of hydrogen-bond donors (Lipinski definition) is 1. The molecule has 3 rings (SSSR count). The highest BCUT2D eigenvalue weighted by molar-refractivity contribution is 7.18. The summed E-state index contributed by atoms with van der Waals surface area (Å²) in [4.78, 5) is 28.4. The highest BCUT2D eigenvalue weighted by atomic mass is 32.1. The number of aromatic nitrogens is 2. The minimum atomic E-state index is -0.678. The van der Waals surface area contributed by atoms with Crippen LogP contribution in [0.3, 0.4) is 0 Å². The zero-order valence-corrected chi connectivity index (χ0v) is 22.1. The second-order valence-electron chi connectivity index (χ2n) is 10.9. The van der Waals surface area contributed by atoms with Gasteiger partial charge in [0.2, 0.25) is 5.88 Å². The van der Waals surface area contributed by atoms with E-state index in [1.807, 2.05) is 21.0 Å². The van der Waals surface area contributed by atoms with Gasteiger partial charge in [-0.15, -0.1) is 11.3 Å².